The van der Waals surface area contributed by atoms with Crippen molar-refractivity contribution in [1.82, 2.24) is 0 Å². The number of ether oxygens (including phenoxy) is 1. The normalized spacial score (nSPS) is 15.4. The molecular weight excluding hydrogens is 174 g/mol. The standard InChI is InChI=1S/C12H17NO/c1-8-6-11(14-3)7-9(2)12(8)13-10-4-5-10/h6-7,10,13H,4-5H2,1-3H3. The fourth-order valence-electron chi connectivity index (χ4n) is 1.70. The summed E-state index contributed by atoms with van der Waals surface area (Å²) in [5, 5.41) is 3.55. The molecule has 1 aromatic rings. The van der Waals surface area contributed by atoms with E-state index < -0.39 is 0 Å². The van der Waals surface area contributed by atoms with E-state index in [2.05, 4.69) is 31.3 Å². The van der Waals surface area contributed by atoms with E-state index in [1.807, 2.05) is 0 Å². The third-order valence-electron chi connectivity index (χ3n) is 2.67. The molecule has 2 nitrogen and oxygen atoms in total. The zero-order valence-corrected chi connectivity index (χ0v) is 9.05. The molecule has 0 atom stereocenters. The Kier molecular flexibility index (Phi) is 2.36. The van der Waals surface area contributed by atoms with Crippen LogP contribution in [-0.2, 0) is 0 Å². The lowest BCUT2D eigenvalue weighted by Gasteiger charge is -2.13. The first-order valence-electron chi connectivity index (χ1n) is 5.12. The van der Waals surface area contributed by atoms with Crippen molar-refractivity contribution in [3.8, 4) is 5.75 Å². The van der Waals surface area contributed by atoms with E-state index in [1.165, 1.54) is 29.7 Å². The summed E-state index contributed by atoms with van der Waals surface area (Å²) in [5.41, 5.74) is 3.83. The lowest BCUT2D eigenvalue weighted by Crippen LogP contribution is -2.04. The van der Waals surface area contributed by atoms with Crippen LogP contribution in [0.4, 0.5) is 5.69 Å². The van der Waals surface area contributed by atoms with Crippen molar-refractivity contribution in [1.29, 1.82) is 0 Å². The molecule has 14 heavy (non-hydrogen) atoms. The average molecular weight is 191 g/mol. The smallest absolute Gasteiger partial charge is 0.119 e. The molecule has 0 saturated heterocycles. The van der Waals surface area contributed by atoms with Gasteiger partial charge in [-0.2, -0.15) is 0 Å². The Bertz CT molecular complexity index is 319. The van der Waals surface area contributed by atoms with E-state index >= 15 is 0 Å². The van der Waals surface area contributed by atoms with Crippen LogP contribution in [0.25, 0.3) is 0 Å². The topological polar surface area (TPSA) is 21.3 Å². The minimum atomic E-state index is 0.709. The number of hydrogen-bond acceptors (Lipinski definition) is 2. The predicted molar refractivity (Wildman–Crippen MR) is 59.1 cm³/mol. The third-order valence-corrected chi connectivity index (χ3v) is 2.67. The van der Waals surface area contributed by atoms with Gasteiger partial charge in [0.05, 0.1) is 7.11 Å². The molecule has 0 spiro atoms. The van der Waals surface area contributed by atoms with Crippen LogP contribution < -0.4 is 10.1 Å². The van der Waals surface area contributed by atoms with Crippen molar-refractivity contribution in [2.75, 3.05) is 12.4 Å². The Balaban J connectivity index is 2.28. The molecule has 1 aromatic carbocycles. The first-order valence-corrected chi connectivity index (χ1v) is 5.12. The van der Waals surface area contributed by atoms with Crippen molar-refractivity contribution in [3.63, 3.8) is 0 Å². The lowest BCUT2D eigenvalue weighted by atomic mass is 10.1. The molecule has 1 aliphatic rings. The lowest BCUT2D eigenvalue weighted by molar-refractivity contribution is 0.414. The Labute approximate surface area is 85.3 Å². The van der Waals surface area contributed by atoms with Gasteiger partial charge in [-0.15, -0.1) is 0 Å². The van der Waals surface area contributed by atoms with Gasteiger partial charge >= 0.3 is 0 Å². The number of nitrogens with one attached hydrogen (secondary N) is 1. The number of methoxy groups -OCH3 is 1. The molecule has 0 unspecified atom stereocenters. The van der Waals surface area contributed by atoms with Gasteiger partial charge in [0.15, 0.2) is 0 Å². The Morgan fingerprint density at radius 3 is 2.21 bits per heavy atom. The third kappa shape index (κ3) is 1.84. The molecule has 1 N–H and O–H groups in total. The summed E-state index contributed by atoms with van der Waals surface area (Å²) in [4.78, 5) is 0. The summed E-state index contributed by atoms with van der Waals surface area (Å²) in [7, 11) is 1.71. The molecule has 0 aromatic heterocycles. The number of anilines is 1. The fraction of sp³-hybridized carbons (Fsp3) is 0.500. The molecule has 0 heterocycles. The predicted octanol–water partition coefficient (Wildman–Crippen LogP) is 2.89. The van der Waals surface area contributed by atoms with E-state index in [9.17, 15) is 0 Å². The summed E-state index contributed by atoms with van der Waals surface area (Å²) in [6, 6.07) is 4.87. The van der Waals surface area contributed by atoms with Crippen LogP contribution in [0.15, 0.2) is 12.1 Å². The number of rotatable bonds is 3. The molecule has 1 fully saturated rings. The van der Waals surface area contributed by atoms with Crippen LogP contribution in [0, 0.1) is 13.8 Å². The first-order chi connectivity index (χ1) is 6.70. The van der Waals surface area contributed by atoms with Gasteiger partial charge in [-0.05, 0) is 49.9 Å². The highest BCUT2D eigenvalue weighted by molar-refractivity contribution is 5.60. The van der Waals surface area contributed by atoms with Crippen LogP contribution >= 0.6 is 0 Å². The summed E-state index contributed by atoms with van der Waals surface area (Å²) in [5.74, 6) is 0.946. The monoisotopic (exact) mass is 191 g/mol. The zero-order chi connectivity index (χ0) is 10.1. The van der Waals surface area contributed by atoms with Crippen LogP contribution in [0.5, 0.6) is 5.75 Å². The maximum atomic E-state index is 5.22. The van der Waals surface area contributed by atoms with Crippen molar-refractivity contribution < 1.29 is 4.74 Å². The Morgan fingerprint density at radius 2 is 1.79 bits per heavy atom. The van der Waals surface area contributed by atoms with Gasteiger partial charge in [0.1, 0.15) is 5.75 Å². The molecule has 0 radical (unpaired) electrons. The van der Waals surface area contributed by atoms with E-state index in [-0.39, 0.29) is 0 Å². The highest BCUT2D eigenvalue weighted by atomic mass is 16.5. The minimum absolute atomic E-state index is 0.709. The maximum Gasteiger partial charge on any atom is 0.119 e. The summed E-state index contributed by atoms with van der Waals surface area (Å²) < 4.78 is 5.22. The van der Waals surface area contributed by atoms with Gasteiger partial charge in [-0.1, -0.05) is 0 Å². The molecular formula is C12H17NO. The van der Waals surface area contributed by atoms with Gasteiger partial charge in [0.25, 0.3) is 0 Å². The van der Waals surface area contributed by atoms with E-state index in [0.29, 0.717) is 6.04 Å². The van der Waals surface area contributed by atoms with Crippen molar-refractivity contribution in [3.05, 3.63) is 23.3 Å². The van der Waals surface area contributed by atoms with Gasteiger partial charge in [0, 0.05) is 11.7 Å². The zero-order valence-electron chi connectivity index (χ0n) is 9.05. The van der Waals surface area contributed by atoms with Gasteiger partial charge in [0.2, 0.25) is 0 Å². The minimum Gasteiger partial charge on any atom is -0.497 e. The number of aryl methyl sites for hydroxylation is 2. The van der Waals surface area contributed by atoms with E-state index in [1.54, 1.807) is 7.11 Å². The highest BCUT2D eigenvalue weighted by Gasteiger charge is 2.22. The van der Waals surface area contributed by atoms with Crippen molar-refractivity contribution >= 4 is 5.69 Å². The second-order valence-electron chi connectivity index (χ2n) is 4.05. The molecule has 2 rings (SSSR count). The molecule has 0 bridgehead atoms. The number of hydrogen-bond donors (Lipinski definition) is 1. The first kappa shape index (κ1) is 9.38. The van der Waals surface area contributed by atoms with Gasteiger partial charge in [-0.25, -0.2) is 0 Å². The second kappa shape index (κ2) is 3.52. The number of benzene rings is 1. The van der Waals surface area contributed by atoms with Gasteiger partial charge < -0.3 is 10.1 Å². The molecule has 0 amide bonds. The largest absolute Gasteiger partial charge is 0.497 e. The van der Waals surface area contributed by atoms with Crippen LogP contribution in [0.3, 0.4) is 0 Å². The summed E-state index contributed by atoms with van der Waals surface area (Å²) in [6.45, 7) is 4.25. The van der Waals surface area contributed by atoms with Crippen LogP contribution in [0.2, 0.25) is 0 Å². The fourth-order valence-corrected chi connectivity index (χ4v) is 1.70. The molecule has 76 valence electrons. The molecule has 1 saturated carbocycles. The van der Waals surface area contributed by atoms with Crippen molar-refractivity contribution in [2.45, 2.75) is 32.7 Å². The quantitative estimate of drug-likeness (QED) is 0.793. The SMILES string of the molecule is COc1cc(C)c(NC2CC2)c(C)c1. The van der Waals surface area contributed by atoms with E-state index in [0.717, 1.165) is 5.75 Å². The van der Waals surface area contributed by atoms with Gasteiger partial charge in [-0.3, -0.25) is 0 Å². The Hall–Kier alpha value is -1.18. The highest BCUT2D eigenvalue weighted by Crippen LogP contribution is 2.31. The average Bonchev–Trinajstić information content (AvgIpc) is 2.94. The van der Waals surface area contributed by atoms with Crippen LogP contribution in [-0.4, -0.2) is 13.2 Å². The Morgan fingerprint density at radius 1 is 1.21 bits per heavy atom. The summed E-state index contributed by atoms with van der Waals surface area (Å²) >= 11 is 0. The van der Waals surface area contributed by atoms with Crippen molar-refractivity contribution in [2.24, 2.45) is 0 Å². The molecule has 2 heteroatoms. The van der Waals surface area contributed by atoms with E-state index in [4.69, 9.17) is 4.74 Å². The molecule has 1 aliphatic carbocycles. The maximum absolute atomic E-state index is 5.22. The van der Waals surface area contributed by atoms with Crippen LogP contribution in [0.1, 0.15) is 24.0 Å². The molecule has 0 aliphatic heterocycles. The second-order valence-corrected chi connectivity index (χ2v) is 4.05. The summed E-state index contributed by atoms with van der Waals surface area (Å²) in [6.07, 6.45) is 2.62.